The van der Waals surface area contributed by atoms with Crippen LogP contribution in [0.3, 0.4) is 0 Å². The average Bonchev–Trinajstić information content (AvgIpc) is 2.72. The number of nitrogens with zero attached hydrogens (tertiary/aromatic N) is 1. The summed E-state index contributed by atoms with van der Waals surface area (Å²) in [5, 5.41) is 11.9. The van der Waals surface area contributed by atoms with Gasteiger partial charge in [0.25, 0.3) is 5.91 Å². The van der Waals surface area contributed by atoms with Crippen LogP contribution >= 0.6 is 22.6 Å². The largest absolute Gasteiger partial charge is 0.507 e. The number of hydrogen-bond donors (Lipinski definition) is 2. The Bertz CT molecular complexity index is 644. The maximum atomic E-state index is 12.4. The molecule has 6 nitrogen and oxygen atoms in total. The standard InChI is InChI=1S/C13H11IN2O4/c14-11-7-5-16(8-2-4-10(18)15-12(8)19)13(20)6(7)1-3-9(11)17/h1,3,8,17H,2,4-5H2,(H,15,18,19). The molecule has 0 spiro atoms. The molecule has 0 aromatic heterocycles. The van der Waals surface area contributed by atoms with Crippen LogP contribution in [0.15, 0.2) is 12.1 Å². The molecule has 104 valence electrons. The smallest absolute Gasteiger partial charge is 0.255 e. The van der Waals surface area contributed by atoms with E-state index in [1.807, 2.05) is 22.6 Å². The number of piperidine rings is 1. The summed E-state index contributed by atoms with van der Waals surface area (Å²) in [5.74, 6) is -0.834. The summed E-state index contributed by atoms with van der Waals surface area (Å²) in [7, 11) is 0. The van der Waals surface area contributed by atoms with Crippen molar-refractivity contribution in [3.05, 3.63) is 26.8 Å². The van der Waals surface area contributed by atoms with Crippen LogP contribution in [-0.2, 0) is 16.1 Å². The highest BCUT2D eigenvalue weighted by atomic mass is 127. The Balaban J connectivity index is 1.92. The summed E-state index contributed by atoms with van der Waals surface area (Å²) < 4.78 is 0.628. The molecule has 3 rings (SSSR count). The van der Waals surface area contributed by atoms with Crippen molar-refractivity contribution in [2.24, 2.45) is 0 Å². The minimum Gasteiger partial charge on any atom is -0.507 e. The van der Waals surface area contributed by atoms with Gasteiger partial charge in [0.05, 0.1) is 3.57 Å². The number of carbonyl (C=O) groups excluding carboxylic acids is 3. The molecule has 2 aliphatic heterocycles. The van der Waals surface area contributed by atoms with Gasteiger partial charge in [-0.05, 0) is 41.1 Å². The molecule has 3 amide bonds. The first kappa shape index (κ1) is 13.3. The third kappa shape index (κ3) is 1.96. The summed E-state index contributed by atoms with van der Waals surface area (Å²) in [6, 6.07) is 2.43. The normalized spacial score (nSPS) is 21.9. The molecule has 0 aliphatic carbocycles. The van der Waals surface area contributed by atoms with E-state index in [9.17, 15) is 19.5 Å². The lowest BCUT2D eigenvalue weighted by Gasteiger charge is -2.29. The number of carbonyl (C=O) groups is 3. The van der Waals surface area contributed by atoms with Crippen LogP contribution < -0.4 is 5.32 Å². The number of phenolic OH excluding ortho intramolecular Hbond substituents is 1. The fourth-order valence-corrected chi connectivity index (χ4v) is 3.23. The van der Waals surface area contributed by atoms with Crippen molar-refractivity contribution in [1.82, 2.24) is 10.2 Å². The molecule has 2 aliphatic rings. The van der Waals surface area contributed by atoms with Crippen molar-refractivity contribution in [3.8, 4) is 5.75 Å². The van der Waals surface area contributed by atoms with Crippen LogP contribution in [0.5, 0.6) is 5.75 Å². The number of amides is 3. The number of halogens is 1. The van der Waals surface area contributed by atoms with E-state index in [-0.39, 0.29) is 30.5 Å². The fraction of sp³-hybridized carbons (Fsp3) is 0.308. The zero-order chi connectivity index (χ0) is 14.4. The van der Waals surface area contributed by atoms with E-state index in [1.54, 1.807) is 6.07 Å². The lowest BCUT2D eigenvalue weighted by molar-refractivity contribution is -0.136. The molecule has 20 heavy (non-hydrogen) atoms. The highest BCUT2D eigenvalue weighted by Crippen LogP contribution is 2.34. The fourth-order valence-electron chi connectivity index (χ4n) is 2.59. The molecular weight excluding hydrogens is 375 g/mol. The lowest BCUT2D eigenvalue weighted by Crippen LogP contribution is -2.52. The average molecular weight is 386 g/mol. The van der Waals surface area contributed by atoms with Crippen molar-refractivity contribution >= 4 is 40.3 Å². The van der Waals surface area contributed by atoms with Crippen LogP contribution in [-0.4, -0.2) is 33.8 Å². The third-order valence-corrected chi connectivity index (χ3v) is 4.83. The van der Waals surface area contributed by atoms with E-state index in [2.05, 4.69) is 5.32 Å². The third-order valence-electron chi connectivity index (χ3n) is 3.63. The summed E-state index contributed by atoms with van der Waals surface area (Å²) in [5.41, 5.74) is 1.25. The number of rotatable bonds is 1. The molecule has 0 bridgehead atoms. The minimum absolute atomic E-state index is 0.127. The molecule has 2 heterocycles. The maximum Gasteiger partial charge on any atom is 0.255 e. The first-order valence-corrected chi connectivity index (χ1v) is 7.22. The number of phenols is 1. The first-order valence-electron chi connectivity index (χ1n) is 6.14. The number of fused-ring (bicyclic) bond motifs is 1. The quantitative estimate of drug-likeness (QED) is 0.551. The molecule has 1 aromatic carbocycles. The monoisotopic (exact) mass is 386 g/mol. The van der Waals surface area contributed by atoms with Gasteiger partial charge in [0.1, 0.15) is 11.8 Å². The highest BCUT2D eigenvalue weighted by molar-refractivity contribution is 14.1. The first-order chi connectivity index (χ1) is 9.49. The molecule has 2 N–H and O–H groups in total. The molecule has 1 saturated heterocycles. The van der Waals surface area contributed by atoms with Gasteiger partial charge in [-0.25, -0.2) is 0 Å². The Hall–Kier alpha value is -1.64. The van der Waals surface area contributed by atoms with E-state index >= 15 is 0 Å². The van der Waals surface area contributed by atoms with Crippen molar-refractivity contribution in [2.75, 3.05) is 0 Å². The molecule has 0 saturated carbocycles. The molecule has 1 aromatic rings. The second-order valence-corrected chi connectivity index (χ2v) is 5.90. The molecule has 1 fully saturated rings. The Morgan fingerprint density at radius 3 is 2.75 bits per heavy atom. The van der Waals surface area contributed by atoms with Crippen molar-refractivity contribution < 1.29 is 19.5 Å². The van der Waals surface area contributed by atoms with Crippen LogP contribution in [0.2, 0.25) is 0 Å². The summed E-state index contributed by atoms with van der Waals surface area (Å²) in [4.78, 5) is 36.9. The van der Waals surface area contributed by atoms with E-state index in [0.29, 0.717) is 15.6 Å². The maximum absolute atomic E-state index is 12.4. The van der Waals surface area contributed by atoms with Gasteiger partial charge in [-0.1, -0.05) is 0 Å². The van der Waals surface area contributed by atoms with E-state index < -0.39 is 11.9 Å². The van der Waals surface area contributed by atoms with Crippen LogP contribution in [0.1, 0.15) is 28.8 Å². The number of nitrogens with one attached hydrogen (secondary N) is 1. The lowest BCUT2D eigenvalue weighted by atomic mass is 10.0. The number of hydrogen-bond acceptors (Lipinski definition) is 4. The SMILES string of the molecule is O=C1CCC(N2Cc3c(ccc(O)c3I)C2=O)C(=O)N1. The Morgan fingerprint density at radius 1 is 1.30 bits per heavy atom. The number of aromatic hydroxyl groups is 1. The number of benzene rings is 1. The van der Waals surface area contributed by atoms with Crippen molar-refractivity contribution in [3.63, 3.8) is 0 Å². The van der Waals surface area contributed by atoms with Gasteiger partial charge in [0, 0.05) is 24.1 Å². The predicted octanol–water partition coefficient (Wildman–Crippen LogP) is 0.758. The zero-order valence-electron chi connectivity index (χ0n) is 10.4. The minimum atomic E-state index is -0.620. The molecule has 7 heteroatoms. The topological polar surface area (TPSA) is 86.7 Å². The summed E-state index contributed by atoms with van der Waals surface area (Å²) >= 11 is 1.99. The number of imide groups is 1. The van der Waals surface area contributed by atoms with Gasteiger partial charge >= 0.3 is 0 Å². The second-order valence-electron chi connectivity index (χ2n) is 4.82. The molecule has 1 atom stereocenters. The van der Waals surface area contributed by atoms with Gasteiger partial charge in [-0.3, -0.25) is 19.7 Å². The summed E-state index contributed by atoms with van der Waals surface area (Å²) in [6.07, 6.45) is 0.575. The molecule has 1 unspecified atom stereocenters. The van der Waals surface area contributed by atoms with E-state index in [1.165, 1.54) is 11.0 Å². The van der Waals surface area contributed by atoms with Crippen LogP contribution in [0.4, 0.5) is 0 Å². The molecule has 0 radical (unpaired) electrons. The zero-order valence-corrected chi connectivity index (χ0v) is 12.5. The van der Waals surface area contributed by atoms with Crippen molar-refractivity contribution in [1.29, 1.82) is 0 Å². The molecular formula is C13H11IN2O4. The Labute approximate surface area is 128 Å². The van der Waals surface area contributed by atoms with Crippen LogP contribution in [0.25, 0.3) is 0 Å². The van der Waals surface area contributed by atoms with Gasteiger partial charge in [-0.2, -0.15) is 0 Å². The van der Waals surface area contributed by atoms with Crippen molar-refractivity contribution in [2.45, 2.75) is 25.4 Å². The van der Waals surface area contributed by atoms with Crippen LogP contribution in [0, 0.1) is 3.57 Å². The van der Waals surface area contributed by atoms with E-state index in [4.69, 9.17) is 0 Å². The van der Waals surface area contributed by atoms with Gasteiger partial charge in [-0.15, -0.1) is 0 Å². The Kier molecular flexibility index (Phi) is 3.15. The Morgan fingerprint density at radius 2 is 2.05 bits per heavy atom. The summed E-state index contributed by atoms with van der Waals surface area (Å²) in [6.45, 7) is 0.285. The van der Waals surface area contributed by atoms with Gasteiger partial charge in [0.15, 0.2) is 0 Å². The van der Waals surface area contributed by atoms with E-state index in [0.717, 1.165) is 5.56 Å². The van der Waals surface area contributed by atoms with Gasteiger partial charge < -0.3 is 10.0 Å². The highest BCUT2D eigenvalue weighted by Gasteiger charge is 2.39. The second kappa shape index (κ2) is 4.72. The van der Waals surface area contributed by atoms with Gasteiger partial charge in [0.2, 0.25) is 11.8 Å². The predicted molar refractivity (Wildman–Crippen MR) is 76.9 cm³/mol.